The molecule has 6 rings (SSSR count). The van der Waals surface area contributed by atoms with Gasteiger partial charge in [-0.15, -0.1) is 0 Å². The third-order valence-electron chi connectivity index (χ3n) is 5.32. The third kappa shape index (κ3) is 8.81. The number of aromatic nitrogens is 3. The Balaban J connectivity index is 0.000000145. The molecule has 0 bridgehead atoms. The van der Waals surface area contributed by atoms with Crippen molar-refractivity contribution in [2.75, 3.05) is 0 Å². The number of primary sulfonamides is 1. The minimum absolute atomic E-state index is 0.225. The Kier molecular flexibility index (Phi) is 9.29. The number of hydrogen-bond donors (Lipinski definition) is 2. The smallest absolute Gasteiger partial charge is 0.270 e. The van der Waals surface area contributed by atoms with Gasteiger partial charge >= 0.3 is 0 Å². The van der Waals surface area contributed by atoms with Crippen molar-refractivity contribution < 1.29 is 43.4 Å². The van der Waals surface area contributed by atoms with Crippen LogP contribution in [0.4, 0.5) is 0 Å². The molecule has 0 aliphatic heterocycles. The predicted molar refractivity (Wildman–Crippen MR) is 153 cm³/mol. The van der Waals surface area contributed by atoms with Crippen molar-refractivity contribution in [2.45, 2.75) is 17.3 Å². The summed E-state index contributed by atoms with van der Waals surface area (Å²) in [6.07, 6.45) is 0. The summed E-state index contributed by atoms with van der Waals surface area (Å²) in [7, 11) is -6.10. The van der Waals surface area contributed by atoms with Gasteiger partial charge in [0.15, 0.2) is 16.7 Å². The minimum Gasteiger partial charge on any atom is -0.356 e. The molecule has 0 aliphatic carbocycles. The van der Waals surface area contributed by atoms with E-state index in [1.165, 1.54) is 0 Å². The molecular formula is C24H21ClN4O10S3. The summed E-state index contributed by atoms with van der Waals surface area (Å²) in [5.74, 6) is -1.14. The molecule has 3 aromatic heterocycles. The summed E-state index contributed by atoms with van der Waals surface area (Å²) >= 11 is 0. The van der Waals surface area contributed by atoms with Gasteiger partial charge < -0.3 is 13.6 Å². The van der Waals surface area contributed by atoms with Gasteiger partial charge in [0.05, 0.1) is 0 Å². The Labute approximate surface area is 243 Å². The first kappa shape index (κ1) is 31.1. The summed E-state index contributed by atoms with van der Waals surface area (Å²) < 4.78 is 87.9. The van der Waals surface area contributed by atoms with Gasteiger partial charge in [0.25, 0.3) is 10.1 Å². The highest BCUT2D eigenvalue weighted by Gasteiger charge is 2.16. The molecule has 14 nitrogen and oxygen atoms in total. The van der Waals surface area contributed by atoms with Gasteiger partial charge in [0.2, 0.25) is 19.1 Å². The van der Waals surface area contributed by atoms with Crippen molar-refractivity contribution in [3.05, 3.63) is 89.9 Å². The maximum absolute atomic E-state index is 10.8. The maximum Gasteiger partial charge on any atom is 0.270 e. The average molecular weight is 657 g/mol. The van der Waals surface area contributed by atoms with Gasteiger partial charge in [-0.1, -0.05) is 51.9 Å². The number of hydrogen-bond acceptors (Lipinski definition) is 12. The topological polar surface area (TPSA) is 227 Å². The molecule has 0 atom stereocenters. The van der Waals surface area contributed by atoms with Crippen molar-refractivity contribution in [1.82, 2.24) is 15.5 Å². The Morgan fingerprint density at radius 3 is 1.26 bits per heavy atom. The first-order valence-corrected chi connectivity index (χ1v) is 17.4. The van der Waals surface area contributed by atoms with Crippen LogP contribution in [0.2, 0.25) is 0 Å². The van der Waals surface area contributed by atoms with E-state index in [4.69, 9.17) is 33.9 Å². The molecule has 6 aromatic rings. The second kappa shape index (κ2) is 12.6. The summed E-state index contributed by atoms with van der Waals surface area (Å²) in [5, 5.41) is 17.7. The Bertz CT molecular complexity index is 1930. The van der Waals surface area contributed by atoms with E-state index >= 15 is 0 Å². The van der Waals surface area contributed by atoms with E-state index in [-0.39, 0.29) is 17.2 Å². The van der Waals surface area contributed by atoms with Gasteiger partial charge in [-0.2, -0.15) is 8.42 Å². The van der Waals surface area contributed by atoms with E-state index in [9.17, 15) is 25.3 Å². The maximum atomic E-state index is 10.8. The Hall–Kier alpha value is -3.87. The highest BCUT2D eigenvalue weighted by Crippen LogP contribution is 2.21. The van der Waals surface area contributed by atoms with Crippen molar-refractivity contribution in [1.29, 1.82) is 0 Å². The van der Waals surface area contributed by atoms with Crippen molar-refractivity contribution in [3.63, 3.8) is 0 Å². The lowest BCUT2D eigenvalue weighted by molar-refractivity contribution is 0.443. The number of sulfonamides is 1. The second-order valence-corrected chi connectivity index (χ2v) is 14.4. The fraction of sp³-hybridized carbons (Fsp3) is 0.125. The van der Waals surface area contributed by atoms with Crippen LogP contribution in [0.3, 0.4) is 0 Å². The summed E-state index contributed by atoms with van der Waals surface area (Å²) in [5.41, 5.74) is 2.54. The van der Waals surface area contributed by atoms with Crippen LogP contribution < -0.4 is 5.14 Å². The van der Waals surface area contributed by atoms with Crippen LogP contribution in [-0.4, -0.2) is 45.3 Å². The van der Waals surface area contributed by atoms with E-state index in [2.05, 4.69) is 15.5 Å². The fourth-order valence-electron chi connectivity index (χ4n) is 3.65. The molecule has 0 saturated heterocycles. The number of rotatable bonds is 6. The van der Waals surface area contributed by atoms with Crippen molar-refractivity contribution in [2.24, 2.45) is 5.14 Å². The van der Waals surface area contributed by atoms with E-state index in [0.29, 0.717) is 44.3 Å². The molecule has 0 amide bonds. The molecule has 0 saturated carbocycles. The standard InChI is InChI=1S/C8H6ClNO3S.C8H8N2O3S.C8H7NO4S/c2*9-14(11,12)5-7-6-3-1-2-4-8(6)13-10-7;10-14(11,12)5-7-6-3-1-2-4-8(6)13-9-7/h1-4H,5H2;1-4H,5H2,(H2,9,11,12);1-4H,5H2,(H,10,11,12). The number of nitrogens with zero attached hydrogens (tertiary/aromatic N) is 3. The average Bonchev–Trinajstić information content (AvgIpc) is 3.61. The quantitative estimate of drug-likeness (QED) is 0.193. The lowest BCUT2D eigenvalue weighted by Gasteiger charge is -1.92. The zero-order chi connectivity index (χ0) is 30.5. The third-order valence-corrected chi connectivity index (χ3v) is 7.58. The van der Waals surface area contributed by atoms with Gasteiger partial charge in [0, 0.05) is 26.8 Å². The van der Waals surface area contributed by atoms with Crippen LogP contribution in [0.25, 0.3) is 32.9 Å². The second-order valence-electron chi connectivity index (χ2n) is 8.59. The molecule has 42 heavy (non-hydrogen) atoms. The monoisotopic (exact) mass is 656 g/mol. The highest BCUT2D eigenvalue weighted by atomic mass is 35.7. The van der Waals surface area contributed by atoms with E-state index < -0.39 is 34.9 Å². The van der Waals surface area contributed by atoms with Gasteiger partial charge in [-0.3, -0.25) is 4.55 Å². The summed E-state index contributed by atoms with van der Waals surface area (Å²) in [4.78, 5) is 0. The molecule has 0 radical (unpaired) electrons. The van der Waals surface area contributed by atoms with Crippen LogP contribution in [0.15, 0.2) is 86.4 Å². The van der Waals surface area contributed by atoms with E-state index in [0.717, 1.165) is 0 Å². The van der Waals surface area contributed by atoms with Gasteiger partial charge in [-0.05, 0) is 36.4 Å². The zero-order valence-electron chi connectivity index (χ0n) is 21.2. The van der Waals surface area contributed by atoms with Crippen molar-refractivity contribution in [3.8, 4) is 0 Å². The highest BCUT2D eigenvalue weighted by molar-refractivity contribution is 8.13. The Morgan fingerprint density at radius 2 is 0.929 bits per heavy atom. The van der Waals surface area contributed by atoms with Crippen molar-refractivity contribution >= 4 is 72.8 Å². The molecule has 0 fully saturated rings. The number of fused-ring (bicyclic) bond motifs is 3. The van der Waals surface area contributed by atoms with Crippen LogP contribution in [-0.2, 0) is 46.5 Å². The van der Waals surface area contributed by atoms with Crippen LogP contribution in [0.5, 0.6) is 0 Å². The molecule has 3 heterocycles. The molecule has 0 aliphatic rings. The summed E-state index contributed by atoms with van der Waals surface area (Å²) in [6, 6.07) is 20.9. The van der Waals surface area contributed by atoms with Crippen LogP contribution >= 0.6 is 10.7 Å². The first-order valence-electron chi connectivity index (χ1n) is 11.6. The molecule has 18 heteroatoms. The molecule has 0 spiro atoms. The largest absolute Gasteiger partial charge is 0.356 e. The molecular weight excluding hydrogens is 636 g/mol. The molecule has 3 aromatic carbocycles. The Morgan fingerprint density at radius 1 is 0.595 bits per heavy atom. The van der Waals surface area contributed by atoms with E-state index in [1.807, 2.05) is 0 Å². The summed E-state index contributed by atoms with van der Waals surface area (Å²) in [6.45, 7) is 0. The number of nitrogens with two attached hydrogens (primary N) is 1. The number of benzene rings is 3. The van der Waals surface area contributed by atoms with E-state index in [1.54, 1.807) is 72.8 Å². The number of para-hydroxylation sites is 3. The normalized spacial score (nSPS) is 12.1. The minimum atomic E-state index is -4.06. The van der Waals surface area contributed by atoms with Crippen LogP contribution in [0.1, 0.15) is 17.1 Å². The lowest BCUT2D eigenvalue weighted by atomic mass is 10.2. The lowest BCUT2D eigenvalue weighted by Crippen LogP contribution is -2.14. The zero-order valence-corrected chi connectivity index (χ0v) is 24.4. The first-order chi connectivity index (χ1) is 19.7. The number of halogens is 1. The SMILES string of the molecule is NS(=O)(=O)Cc1noc2ccccc12.O=S(=O)(Cl)Cc1noc2ccccc12.O=S(=O)(O)Cc1noc2ccccc12. The molecule has 222 valence electrons. The van der Waals surface area contributed by atoms with Gasteiger partial charge in [0.1, 0.15) is 34.3 Å². The fourth-order valence-corrected chi connectivity index (χ4v) is 5.64. The predicted octanol–water partition coefficient (Wildman–Crippen LogP) is 3.73. The molecule has 3 N–H and O–H groups in total. The van der Waals surface area contributed by atoms with Crippen LogP contribution in [0, 0.1) is 0 Å². The van der Waals surface area contributed by atoms with Gasteiger partial charge in [-0.25, -0.2) is 22.0 Å². The molecule has 0 unspecified atom stereocenters.